The first-order valence-electron chi connectivity index (χ1n) is 6.50. The first-order chi connectivity index (χ1) is 8.81. The zero-order valence-electron chi connectivity index (χ0n) is 10.8. The molecule has 0 spiro atoms. The molecule has 0 aliphatic carbocycles. The Balaban J connectivity index is 1.83. The molecule has 1 aromatic rings. The second-order valence-corrected chi connectivity index (χ2v) is 4.67. The van der Waals surface area contributed by atoms with E-state index in [0.29, 0.717) is 17.6 Å². The number of nitrogens with zero attached hydrogens (tertiary/aromatic N) is 4. The van der Waals surface area contributed by atoms with Crippen molar-refractivity contribution in [2.45, 2.75) is 32.2 Å². The number of hydrogen-bond acceptors (Lipinski definition) is 5. The third-order valence-corrected chi connectivity index (χ3v) is 3.44. The van der Waals surface area contributed by atoms with Crippen molar-refractivity contribution in [1.82, 2.24) is 14.9 Å². The summed E-state index contributed by atoms with van der Waals surface area (Å²) in [5.41, 5.74) is 0.365. The Morgan fingerprint density at radius 2 is 2.28 bits per heavy atom. The zero-order valence-corrected chi connectivity index (χ0v) is 10.8. The minimum atomic E-state index is 0.365. The first-order valence-corrected chi connectivity index (χ1v) is 6.50. The summed E-state index contributed by atoms with van der Waals surface area (Å²) in [5.74, 6) is 0.588. The molecule has 96 valence electrons. The van der Waals surface area contributed by atoms with Crippen molar-refractivity contribution in [3.8, 4) is 6.07 Å². The first kappa shape index (κ1) is 12.8. The smallest absolute Gasteiger partial charge is 0.182 e. The predicted molar refractivity (Wildman–Crippen MR) is 70.1 cm³/mol. The van der Waals surface area contributed by atoms with E-state index in [4.69, 9.17) is 5.26 Å². The number of rotatable bonds is 4. The summed E-state index contributed by atoms with van der Waals surface area (Å²) in [5, 5.41) is 12.1. The number of hydrogen-bond donors (Lipinski definition) is 1. The maximum absolute atomic E-state index is 8.91. The van der Waals surface area contributed by atoms with Gasteiger partial charge in [0.15, 0.2) is 11.5 Å². The summed E-state index contributed by atoms with van der Waals surface area (Å²) in [6.45, 7) is 5.25. The lowest BCUT2D eigenvalue weighted by molar-refractivity contribution is 0.167. The van der Waals surface area contributed by atoms with Crippen molar-refractivity contribution in [3.05, 3.63) is 18.1 Å². The topological polar surface area (TPSA) is 64.8 Å². The highest BCUT2D eigenvalue weighted by Crippen LogP contribution is 2.15. The number of nitrogens with one attached hydrogen (secondary N) is 1. The maximum atomic E-state index is 8.91. The lowest BCUT2D eigenvalue weighted by Crippen LogP contribution is -2.40. The lowest BCUT2D eigenvalue weighted by atomic mass is 10.0. The summed E-state index contributed by atoms with van der Waals surface area (Å²) < 4.78 is 0. The summed E-state index contributed by atoms with van der Waals surface area (Å²) in [4.78, 5) is 10.6. The second kappa shape index (κ2) is 6.31. The highest BCUT2D eigenvalue weighted by Gasteiger charge is 2.17. The lowest BCUT2D eigenvalue weighted by Gasteiger charge is -2.33. The highest BCUT2D eigenvalue weighted by atomic mass is 15.2. The van der Waals surface area contributed by atoms with Gasteiger partial charge in [-0.25, -0.2) is 9.97 Å². The van der Waals surface area contributed by atoms with Crippen LogP contribution >= 0.6 is 0 Å². The van der Waals surface area contributed by atoms with Gasteiger partial charge in [-0.1, -0.05) is 6.42 Å². The van der Waals surface area contributed by atoms with Gasteiger partial charge in [-0.3, -0.25) is 4.90 Å². The molecule has 1 N–H and O–H groups in total. The van der Waals surface area contributed by atoms with Gasteiger partial charge >= 0.3 is 0 Å². The van der Waals surface area contributed by atoms with E-state index >= 15 is 0 Å². The molecule has 5 nitrogen and oxygen atoms in total. The van der Waals surface area contributed by atoms with Crippen molar-refractivity contribution in [2.75, 3.05) is 25.0 Å². The van der Waals surface area contributed by atoms with E-state index < -0.39 is 0 Å². The average Bonchev–Trinajstić information content (AvgIpc) is 2.41. The SMILES string of the molecule is CC1CCCCN1CCNc1nccnc1C#N. The molecule has 5 heteroatoms. The molecular formula is C13H19N5. The zero-order chi connectivity index (χ0) is 12.8. The maximum Gasteiger partial charge on any atom is 0.182 e. The normalized spacial score (nSPS) is 20.3. The van der Waals surface area contributed by atoms with Gasteiger partial charge in [-0.2, -0.15) is 5.26 Å². The fourth-order valence-corrected chi connectivity index (χ4v) is 2.36. The molecule has 2 rings (SSSR count). The van der Waals surface area contributed by atoms with Crippen LogP contribution < -0.4 is 5.32 Å². The summed E-state index contributed by atoms with van der Waals surface area (Å²) in [6, 6.07) is 2.71. The molecule has 0 radical (unpaired) electrons. The Bertz CT molecular complexity index is 426. The number of aromatic nitrogens is 2. The van der Waals surface area contributed by atoms with Crippen LogP contribution in [0, 0.1) is 11.3 Å². The fourth-order valence-electron chi connectivity index (χ4n) is 2.36. The molecule has 0 aromatic carbocycles. The third-order valence-electron chi connectivity index (χ3n) is 3.44. The Hall–Kier alpha value is -1.67. The van der Waals surface area contributed by atoms with Crippen LogP contribution in [-0.2, 0) is 0 Å². The average molecular weight is 245 g/mol. The Morgan fingerprint density at radius 1 is 1.44 bits per heavy atom. The van der Waals surface area contributed by atoms with Crippen molar-refractivity contribution in [2.24, 2.45) is 0 Å². The van der Waals surface area contributed by atoms with E-state index in [-0.39, 0.29) is 0 Å². The molecule has 0 amide bonds. The van der Waals surface area contributed by atoms with Gasteiger partial charge in [0.2, 0.25) is 0 Å². The number of anilines is 1. The van der Waals surface area contributed by atoms with Gasteiger partial charge in [0.1, 0.15) is 6.07 Å². The van der Waals surface area contributed by atoms with Crippen molar-refractivity contribution < 1.29 is 0 Å². The van der Waals surface area contributed by atoms with Crippen LogP contribution in [0.1, 0.15) is 31.9 Å². The van der Waals surface area contributed by atoms with Gasteiger partial charge in [-0.05, 0) is 26.3 Å². The van der Waals surface area contributed by atoms with E-state index in [1.54, 1.807) is 6.20 Å². The van der Waals surface area contributed by atoms with E-state index in [1.807, 2.05) is 6.07 Å². The number of piperidine rings is 1. The molecule has 1 aromatic heterocycles. The summed E-state index contributed by atoms with van der Waals surface area (Å²) in [6.07, 6.45) is 7.06. The van der Waals surface area contributed by atoms with E-state index in [1.165, 1.54) is 32.0 Å². The Labute approximate surface area is 108 Å². The molecule has 1 saturated heterocycles. The molecule has 1 aliphatic heterocycles. The van der Waals surface area contributed by atoms with Gasteiger partial charge < -0.3 is 5.32 Å². The van der Waals surface area contributed by atoms with Crippen molar-refractivity contribution >= 4 is 5.82 Å². The van der Waals surface area contributed by atoms with E-state index in [2.05, 4.69) is 27.1 Å². The molecule has 0 saturated carbocycles. The largest absolute Gasteiger partial charge is 0.366 e. The van der Waals surface area contributed by atoms with Crippen LogP contribution in [0.3, 0.4) is 0 Å². The molecule has 1 unspecified atom stereocenters. The van der Waals surface area contributed by atoms with Crippen LogP contribution in [0.15, 0.2) is 12.4 Å². The minimum Gasteiger partial charge on any atom is -0.366 e. The van der Waals surface area contributed by atoms with Crippen LogP contribution in [-0.4, -0.2) is 40.5 Å². The fraction of sp³-hybridized carbons (Fsp3) is 0.615. The van der Waals surface area contributed by atoms with Crippen LogP contribution in [0.2, 0.25) is 0 Å². The Morgan fingerprint density at radius 3 is 3.06 bits per heavy atom. The van der Waals surface area contributed by atoms with E-state index in [0.717, 1.165) is 13.1 Å². The van der Waals surface area contributed by atoms with Gasteiger partial charge in [0, 0.05) is 31.5 Å². The molecule has 1 aliphatic rings. The third kappa shape index (κ3) is 3.17. The van der Waals surface area contributed by atoms with Crippen molar-refractivity contribution in [3.63, 3.8) is 0 Å². The van der Waals surface area contributed by atoms with Gasteiger partial charge in [0.05, 0.1) is 0 Å². The standard InChI is InChI=1S/C13H19N5/c1-11-4-2-3-8-18(11)9-7-17-13-12(10-14)15-5-6-16-13/h5-6,11H,2-4,7-9H2,1H3,(H,16,17). The molecule has 2 heterocycles. The monoisotopic (exact) mass is 245 g/mol. The van der Waals surface area contributed by atoms with Crippen LogP contribution in [0.25, 0.3) is 0 Å². The molecule has 18 heavy (non-hydrogen) atoms. The molecule has 1 atom stereocenters. The van der Waals surface area contributed by atoms with Crippen molar-refractivity contribution in [1.29, 1.82) is 5.26 Å². The summed E-state index contributed by atoms with van der Waals surface area (Å²) in [7, 11) is 0. The predicted octanol–water partition coefficient (Wildman–Crippen LogP) is 1.63. The second-order valence-electron chi connectivity index (χ2n) is 4.67. The van der Waals surface area contributed by atoms with Gasteiger partial charge in [0.25, 0.3) is 0 Å². The van der Waals surface area contributed by atoms with Gasteiger partial charge in [-0.15, -0.1) is 0 Å². The quantitative estimate of drug-likeness (QED) is 0.873. The number of nitriles is 1. The van der Waals surface area contributed by atoms with Crippen LogP contribution in [0.5, 0.6) is 0 Å². The summed E-state index contributed by atoms with van der Waals surface area (Å²) >= 11 is 0. The highest BCUT2D eigenvalue weighted by molar-refractivity contribution is 5.46. The minimum absolute atomic E-state index is 0.365. The molecule has 1 fully saturated rings. The molecule has 0 bridgehead atoms. The molecular weight excluding hydrogens is 226 g/mol. The van der Waals surface area contributed by atoms with E-state index in [9.17, 15) is 0 Å². The van der Waals surface area contributed by atoms with Crippen LogP contribution in [0.4, 0.5) is 5.82 Å². The number of likely N-dealkylation sites (tertiary alicyclic amines) is 1. The Kier molecular flexibility index (Phi) is 4.48.